The summed E-state index contributed by atoms with van der Waals surface area (Å²) in [6, 6.07) is 4.26. The average Bonchev–Trinajstić information content (AvgIpc) is 2.28. The van der Waals surface area contributed by atoms with Crippen molar-refractivity contribution >= 4 is 5.69 Å². The normalized spacial score (nSPS) is 11.4. The molecule has 0 amide bonds. The number of hydrogen-bond donors (Lipinski definition) is 2. The van der Waals surface area contributed by atoms with Gasteiger partial charge in [-0.1, -0.05) is 19.9 Å². The SMILES string of the molecule is COc1c(C)cc(C)cc1NCCC(C)(C)CN. The third-order valence-electron chi connectivity index (χ3n) is 3.29. The summed E-state index contributed by atoms with van der Waals surface area (Å²) < 4.78 is 5.45. The Morgan fingerprint density at radius 1 is 1.28 bits per heavy atom. The molecule has 3 heteroatoms. The Balaban J connectivity index is 2.73. The van der Waals surface area contributed by atoms with Gasteiger partial charge in [0.15, 0.2) is 0 Å². The van der Waals surface area contributed by atoms with Crippen molar-refractivity contribution in [3.63, 3.8) is 0 Å². The molecule has 0 saturated heterocycles. The predicted octanol–water partition coefficient (Wildman–Crippen LogP) is 3.10. The summed E-state index contributed by atoms with van der Waals surface area (Å²) in [5.74, 6) is 0.936. The van der Waals surface area contributed by atoms with Gasteiger partial charge in [-0.2, -0.15) is 0 Å². The van der Waals surface area contributed by atoms with E-state index < -0.39 is 0 Å². The fourth-order valence-corrected chi connectivity index (χ4v) is 1.99. The van der Waals surface area contributed by atoms with Crippen molar-refractivity contribution in [1.82, 2.24) is 0 Å². The van der Waals surface area contributed by atoms with Crippen molar-refractivity contribution < 1.29 is 4.74 Å². The molecule has 0 radical (unpaired) electrons. The smallest absolute Gasteiger partial charge is 0.144 e. The van der Waals surface area contributed by atoms with Crippen molar-refractivity contribution in [3.05, 3.63) is 23.3 Å². The number of benzene rings is 1. The van der Waals surface area contributed by atoms with Crippen LogP contribution in [0.3, 0.4) is 0 Å². The Bertz CT molecular complexity index is 400. The molecule has 1 aromatic carbocycles. The van der Waals surface area contributed by atoms with E-state index >= 15 is 0 Å². The molecule has 0 aliphatic carbocycles. The van der Waals surface area contributed by atoms with Gasteiger partial charge in [-0.15, -0.1) is 0 Å². The van der Waals surface area contributed by atoms with Crippen LogP contribution in [0.4, 0.5) is 5.69 Å². The number of aryl methyl sites for hydroxylation is 2. The van der Waals surface area contributed by atoms with Gasteiger partial charge >= 0.3 is 0 Å². The second-order valence-corrected chi connectivity index (χ2v) is 5.71. The minimum atomic E-state index is 0.180. The van der Waals surface area contributed by atoms with Gasteiger partial charge in [0, 0.05) is 6.54 Å². The highest BCUT2D eigenvalue weighted by molar-refractivity contribution is 5.61. The van der Waals surface area contributed by atoms with E-state index in [1.807, 2.05) is 0 Å². The van der Waals surface area contributed by atoms with E-state index in [1.165, 1.54) is 5.56 Å². The molecule has 3 N–H and O–H groups in total. The van der Waals surface area contributed by atoms with Crippen molar-refractivity contribution in [2.24, 2.45) is 11.1 Å². The third-order valence-corrected chi connectivity index (χ3v) is 3.29. The van der Waals surface area contributed by atoms with E-state index in [9.17, 15) is 0 Å². The third kappa shape index (κ3) is 3.91. The second kappa shape index (κ2) is 6.10. The first-order valence-corrected chi connectivity index (χ1v) is 6.49. The first-order valence-electron chi connectivity index (χ1n) is 6.49. The fraction of sp³-hybridized carbons (Fsp3) is 0.600. The van der Waals surface area contributed by atoms with Gasteiger partial charge < -0.3 is 15.8 Å². The van der Waals surface area contributed by atoms with Gasteiger partial charge in [0.05, 0.1) is 12.8 Å². The number of ether oxygens (including phenoxy) is 1. The highest BCUT2D eigenvalue weighted by Crippen LogP contribution is 2.30. The average molecular weight is 250 g/mol. The predicted molar refractivity (Wildman–Crippen MR) is 78.4 cm³/mol. The largest absolute Gasteiger partial charge is 0.494 e. The van der Waals surface area contributed by atoms with Crippen LogP contribution in [0.1, 0.15) is 31.4 Å². The van der Waals surface area contributed by atoms with Crippen LogP contribution in [0.5, 0.6) is 5.75 Å². The number of anilines is 1. The molecule has 0 fully saturated rings. The van der Waals surface area contributed by atoms with Crippen LogP contribution in [0, 0.1) is 19.3 Å². The Labute approximate surface area is 111 Å². The molecule has 0 spiro atoms. The molecule has 0 aromatic heterocycles. The summed E-state index contributed by atoms with van der Waals surface area (Å²) in [7, 11) is 1.71. The first-order chi connectivity index (χ1) is 8.39. The molecule has 18 heavy (non-hydrogen) atoms. The summed E-state index contributed by atoms with van der Waals surface area (Å²) in [6.45, 7) is 10.2. The van der Waals surface area contributed by atoms with E-state index in [1.54, 1.807) is 7.11 Å². The Morgan fingerprint density at radius 2 is 1.94 bits per heavy atom. The highest BCUT2D eigenvalue weighted by Gasteiger charge is 2.15. The molecular formula is C15H26N2O. The minimum absolute atomic E-state index is 0.180. The quantitative estimate of drug-likeness (QED) is 0.815. The minimum Gasteiger partial charge on any atom is -0.494 e. The molecule has 0 heterocycles. The van der Waals surface area contributed by atoms with Crippen LogP contribution in [0.25, 0.3) is 0 Å². The summed E-state index contributed by atoms with van der Waals surface area (Å²) in [5.41, 5.74) is 9.40. The molecule has 1 aromatic rings. The number of nitrogens with two attached hydrogens (primary N) is 1. The van der Waals surface area contributed by atoms with Crippen LogP contribution in [0.2, 0.25) is 0 Å². The molecule has 1 rings (SSSR count). The number of rotatable bonds is 6. The van der Waals surface area contributed by atoms with Crippen LogP contribution in [0.15, 0.2) is 12.1 Å². The maximum atomic E-state index is 5.74. The molecule has 0 bridgehead atoms. The molecule has 0 saturated carbocycles. The van der Waals surface area contributed by atoms with E-state index in [0.717, 1.165) is 30.0 Å². The lowest BCUT2D eigenvalue weighted by Gasteiger charge is -2.23. The molecule has 3 nitrogen and oxygen atoms in total. The maximum Gasteiger partial charge on any atom is 0.144 e. The van der Waals surface area contributed by atoms with Crippen LogP contribution in [-0.4, -0.2) is 20.2 Å². The van der Waals surface area contributed by atoms with Crippen molar-refractivity contribution in [2.45, 2.75) is 34.1 Å². The monoisotopic (exact) mass is 250 g/mol. The summed E-state index contributed by atoms with van der Waals surface area (Å²) in [5, 5.41) is 3.46. The Morgan fingerprint density at radius 3 is 2.50 bits per heavy atom. The van der Waals surface area contributed by atoms with E-state index in [4.69, 9.17) is 10.5 Å². The molecule has 102 valence electrons. The van der Waals surface area contributed by atoms with E-state index in [2.05, 4.69) is 45.1 Å². The van der Waals surface area contributed by atoms with Crippen molar-refractivity contribution in [1.29, 1.82) is 0 Å². The van der Waals surface area contributed by atoms with Gasteiger partial charge in [-0.05, 0) is 49.4 Å². The second-order valence-electron chi connectivity index (χ2n) is 5.71. The van der Waals surface area contributed by atoms with Gasteiger partial charge in [-0.3, -0.25) is 0 Å². The van der Waals surface area contributed by atoms with Gasteiger partial charge in [0.2, 0.25) is 0 Å². The van der Waals surface area contributed by atoms with Gasteiger partial charge in [0.25, 0.3) is 0 Å². The molecule has 0 unspecified atom stereocenters. The van der Waals surface area contributed by atoms with Gasteiger partial charge in [-0.25, -0.2) is 0 Å². The first kappa shape index (κ1) is 14.8. The van der Waals surface area contributed by atoms with E-state index in [0.29, 0.717) is 6.54 Å². The zero-order valence-corrected chi connectivity index (χ0v) is 12.3. The lowest BCUT2D eigenvalue weighted by molar-refractivity contribution is 0.357. The summed E-state index contributed by atoms with van der Waals surface area (Å²) >= 11 is 0. The number of hydrogen-bond acceptors (Lipinski definition) is 3. The molecular weight excluding hydrogens is 224 g/mol. The van der Waals surface area contributed by atoms with Crippen LogP contribution >= 0.6 is 0 Å². The fourth-order valence-electron chi connectivity index (χ4n) is 1.99. The zero-order valence-electron chi connectivity index (χ0n) is 12.3. The lowest BCUT2D eigenvalue weighted by atomic mass is 9.90. The Hall–Kier alpha value is -1.22. The topological polar surface area (TPSA) is 47.3 Å². The van der Waals surface area contributed by atoms with Crippen LogP contribution < -0.4 is 15.8 Å². The molecule has 0 atom stereocenters. The molecule has 0 aliphatic heterocycles. The van der Waals surface area contributed by atoms with Gasteiger partial charge in [0.1, 0.15) is 5.75 Å². The van der Waals surface area contributed by atoms with Crippen molar-refractivity contribution in [3.8, 4) is 5.75 Å². The Kier molecular flexibility index (Phi) is 5.03. The lowest BCUT2D eigenvalue weighted by Crippen LogP contribution is -2.26. The molecule has 0 aliphatic rings. The standard InChI is InChI=1S/C15H26N2O/c1-11-8-12(2)14(18-5)13(9-11)17-7-6-15(3,4)10-16/h8-9,17H,6-7,10,16H2,1-5H3. The van der Waals surface area contributed by atoms with Crippen molar-refractivity contribution in [2.75, 3.05) is 25.5 Å². The van der Waals surface area contributed by atoms with Crippen LogP contribution in [-0.2, 0) is 0 Å². The van der Waals surface area contributed by atoms with E-state index in [-0.39, 0.29) is 5.41 Å². The zero-order chi connectivity index (χ0) is 13.8. The summed E-state index contributed by atoms with van der Waals surface area (Å²) in [6.07, 6.45) is 1.04. The highest BCUT2D eigenvalue weighted by atomic mass is 16.5. The maximum absolute atomic E-state index is 5.74. The number of nitrogens with one attached hydrogen (secondary N) is 1. The number of methoxy groups -OCH3 is 1. The summed E-state index contributed by atoms with van der Waals surface area (Å²) in [4.78, 5) is 0.